The molecule has 0 aliphatic heterocycles. The highest BCUT2D eigenvalue weighted by molar-refractivity contribution is 6.00. The molecule has 0 aromatic heterocycles. The molecule has 3 aromatic rings. The van der Waals surface area contributed by atoms with Crippen LogP contribution in [0.25, 0.3) is 10.8 Å². The third kappa shape index (κ3) is 9.04. The number of aryl methyl sites for hydroxylation is 1. The summed E-state index contributed by atoms with van der Waals surface area (Å²) in [4.78, 5) is 42.9. The van der Waals surface area contributed by atoms with Crippen molar-refractivity contribution >= 4 is 34.4 Å². The first-order valence-corrected chi connectivity index (χ1v) is 15.0. The second-order valence-electron chi connectivity index (χ2n) is 12.7. The van der Waals surface area contributed by atoms with Crippen molar-refractivity contribution in [3.05, 3.63) is 77.4 Å². The first-order chi connectivity index (χ1) is 20.2. The van der Waals surface area contributed by atoms with Crippen LogP contribution in [0.4, 0.5) is 10.5 Å². The summed E-state index contributed by atoms with van der Waals surface area (Å²) in [6, 6.07) is 16.5. The highest BCUT2D eigenvalue weighted by Gasteiger charge is 2.39. The van der Waals surface area contributed by atoms with Gasteiger partial charge in [0.05, 0.1) is 6.61 Å². The van der Waals surface area contributed by atoms with Gasteiger partial charge in [-0.2, -0.15) is 0 Å². The third-order valence-electron chi connectivity index (χ3n) is 7.55. The minimum Gasteiger partial charge on any atom is -0.444 e. The third-order valence-corrected chi connectivity index (χ3v) is 7.55. The molecule has 3 unspecified atom stereocenters. The lowest BCUT2D eigenvalue weighted by atomic mass is 9.92. The molecule has 0 radical (unpaired) electrons. The molecular formula is C35H47N3O5. The highest BCUT2D eigenvalue weighted by atomic mass is 16.6. The number of ether oxygens (including phenoxy) is 1. The molecule has 3 amide bonds. The average molecular weight is 590 g/mol. The monoisotopic (exact) mass is 589 g/mol. The normalized spacial score (nSPS) is 13.7. The first-order valence-electron chi connectivity index (χ1n) is 15.0. The number of nitrogens with zero attached hydrogens (tertiary/aromatic N) is 1. The predicted molar refractivity (Wildman–Crippen MR) is 172 cm³/mol. The number of anilines is 1. The second-order valence-corrected chi connectivity index (χ2v) is 12.7. The van der Waals surface area contributed by atoms with E-state index in [4.69, 9.17) is 4.74 Å². The van der Waals surface area contributed by atoms with Gasteiger partial charge >= 0.3 is 6.09 Å². The minimum absolute atomic E-state index is 0.374. The van der Waals surface area contributed by atoms with Crippen molar-refractivity contribution in [2.45, 2.75) is 92.0 Å². The van der Waals surface area contributed by atoms with E-state index in [1.165, 1.54) is 4.90 Å². The topological polar surface area (TPSA) is 108 Å². The summed E-state index contributed by atoms with van der Waals surface area (Å²) in [5.41, 5.74) is 2.35. The summed E-state index contributed by atoms with van der Waals surface area (Å²) >= 11 is 0. The molecule has 232 valence electrons. The van der Waals surface area contributed by atoms with Crippen LogP contribution in [0.5, 0.6) is 0 Å². The Hall–Kier alpha value is -3.91. The molecule has 0 fully saturated rings. The lowest BCUT2D eigenvalue weighted by molar-refractivity contribution is -0.144. The molecule has 3 atom stereocenters. The molecule has 3 aromatic carbocycles. The number of alkyl carbamates (subject to hydrolysis) is 1. The summed E-state index contributed by atoms with van der Waals surface area (Å²) in [6.07, 6.45) is 0.622. The summed E-state index contributed by atoms with van der Waals surface area (Å²) in [6.45, 7) is 14.5. The van der Waals surface area contributed by atoms with Gasteiger partial charge in [-0.15, -0.1) is 0 Å². The number of benzene rings is 3. The zero-order chi connectivity index (χ0) is 31.9. The molecule has 0 saturated carbocycles. The summed E-state index contributed by atoms with van der Waals surface area (Å²) < 4.78 is 5.37. The largest absolute Gasteiger partial charge is 0.444 e. The lowest BCUT2D eigenvalue weighted by Gasteiger charge is -2.39. The Balaban J connectivity index is 2.10. The first kappa shape index (κ1) is 33.6. The van der Waals surface area contributed by atoms with Gasteiger partial charge in [0.25, 0.3) is 5.91 Å². The molecule has 0 spiro atoms. The molecule has 0 saturated heterocycles. The van der Waals surface area contributed by atoms with Crippen molar-refractivity contribution in [2.24, 2.45) is 5.92 Å². The summed E-state index contributed by atoms with van der Waals surface area (Å²) in [5.74, 6) is -0.578. The molecule has 0 bridgehead atoms. The SMILES string of the molecule is Cc1cccc(C(C(=O)Nc2ccc3ccccc3c2)N(C(=O)C(CO)NC(=O)OC(C)(C)C)C(C)CCC(C)C)c1C. The van der Waals surface area contributed by atoms with E-state index in [1.54, 1.807) is 20.8 Å². The van der Waals surface area contributed by atoms with Crippen LogP contribution in [0.15, 0.2) is 60.7 Å². The molecule has 8 nitrogen and oxygen atoms in total. The number of fused-ring (bicyclic) bond motifs is 1. The number of rotatable bonds is 11. The van der Waals surface area contributed by atoms with Crippen LogP contribution in [0, 0.1) is 19.8 Å². The number of carbonyl (C=O) groups excluding carboxylic acids is 3. The quantitative estimate of drug-likeness (QED) is 0.231. The van der Waals surface area contributed by atoms with Crippen LogP contribution >= 0.6 is 0 Å². The maximum absolute atomic E-state index is 14.3. The fraction of sp³-hybridized carbons (Fsp3) is 0.457. The van der Waals surface area contributed by atoms with Gasteiger partial charge in [0.15, 0.2) is 0 Å². The Labute approximate surface area is 255 Å². The van der Waals surface area contributed by atoms with Gasteiger partial charge in [0.1, 0.15) is 17.7 Å². The zero-order valence-electron chi connectivity index (χ0n) is 26.7. The molecule has 3 rings (SSSR count). The van der Waals surface area contributed by atoms with Crippen LogP contribution in [-0.4, -0.2) is 52.2 Å². The van der Waals surface area contributed by atoms with Gasteiger partial charge < -0.3 is 25.4 Å². The Bertz CT molecular complexity index is 1430. The summed E-state index contributed by atoms with van der Waals surface area (Å²) in [7, 11) is 0. The number of carbonyl (C=O) groups is 3. The number of hydrogen-bond donors (Lipinski definition) is 3. The van der Waals surface area contributed by atoms with Crippen LogP contribution < -0.4 is 10.6 Å². The van der Waals surface area contributed by atoms with Crippen molar-refractivity contribution in [1.29, 1.82) is 0 Å². The van der Waals surface area contributed by atoms with Crippen molar-refractivity contribution in [3.8, 4) is 0 Å². The lowest BCUT2D eigenvalue weighted by Crippen LogP contribution is -2.56. The highest BCUT2D eigenvalue weighted by Crippen LogP contribution is 2.32. The zero-order valence-corrected chi connectivity index (χ0v) is 26.7. The van der Waals surface area contributed by atoms with E-state index in [2.05, 4.69) is 24.5 Å². The van der Waals surface area contributed by atoms with E-state index in [-0.39, 0.29) is 5.91 Å². The number of aliphatic hydroxyl groups is 1. The Morgan fingerprint density at radius 3 is 2.21 bits per heavy atom. The van der Waals surface area contributed by atoms with Crippen molar-refractivity contribution in [2.75, 3.05) is 11.9 Å². The Morgan fingerprint density at radius 2 is 1.58 bits per heavy atom. The average Bonchev–Trinajstić information content (AvgIpc) is 2.93. The maximum Gasteiger partial charge on any atom is 0.408 e. The van der Waals surface area contributed by atoms with E-state index in [0.717, 1.165) is 28.3 Å². The molecule has 0 aliphatic rings. The van der Waals surface area contributed by atoms with Gasteiger partial charge in [-0.3, -0.25) is 9.59 Å². The van der Waals surface area contributed by atoms with E-state index < -0.39 is 42.3 Å². The number of nitrogens with one attached hydrogen (secondary N) is 2. The maximum atomic E-state index is 14.3. The van der Waals surface area contributed by atoms with Gasteiger partial charge in [0, 0.05) is 11.7 Å². The van der Waals surface area contributed by atoms with Crippen LogP contribution in [0.3, 0.4) is 0 Å². The fourth-order valence-electron chi connectivity index (χ4n) is 5.09. The van der Waals surface area contributed by atoms with Crippen molar-refractivity contribution in [1.82, 2.24) is 10.2 Å². The number of hydrogen-bond acceptors (Lipinski definition) is 5. The van der Waals surface area contributed by atoms with Crippen LogP contribution in [0.1, 0.15) is 77.1 Å². The molecule has 8 heteroatoms. The van der Waals surface area contributed by atoms with E-state index >= 15 is 0 Å². The van der Waals surface area contributed by atoms with Crippen LogP contribution in [0.2, 0.25) is 0 Å². The fourth-order valence-corrected chi connectivity index (χ4v) is 5.09. The van der Waals surface area contributed by atoms with Gasteiger partial charge in [0.2, 0.25) is 5.91 Å². The van der Waals surface area contributed by atoms with Gasteiger partial charge in [-0.25, -0.2) is 4.79 Å². The number of aliphatic hydroxyl groups excluding tert-OH is 1. The van der Waals surface area contributed by atoms with Gasteiger partial charge in [-0.05, 0) is 99.9 Å². The molecule has 3 N–H and O–H groups in total. The summed E-state index contributed by atoms with van der Waals surface area (Å²) in [5, 5.41) is 17.9. The molecule has 0 heterocycles. The molecular weight excluding hydrogens is 542 g/mol. The Morgan fingerprint density at radius 1 is 0.907 bits per heavy atom. The van der Waals surface area contributed by atoms with E-state index in [9.17, 15) is 19.5 Å². The molecule has 43 heavy (non-hydrogen) atoms. The van der Waals surface area contributed by atoms with Crippen molar-refractivity contribution < 1.29 is 24.2 Å². The van der Waals surface area contributed by atoms with Gasteiger partial charge in [-0.1, -0.05) is 62.4 Å². The number of amides is 3. The minimum atomic E-state index is -1.31. The Kier molecular flexibility index (Phi) is 11.3. The van der Waals surface area contributed by atoms with Crippen LogP contribution in [-0.2, 0) is 14.3 Å². The van der Waals surface area contributed by atoms with Crippen molar-refractivity contribution in [3.63, 3.8) is 0 Å². The molecule has 0 aliphatic carbocycles. The smallest absolute Gasteiger partial charge is 0.408 e. The van der Waals surface area contributed by atoms with E-state index in [0.29, 0.717) is 23.6 Å². The standard InChI is InChI=1S/C35H47N3O5/c1-22(2)16-17-24(4)38(33(41)30(21-39)37-34(42)43-35(6,7)8)31(29-15-11-12-23(3)25(29)5)32(40)36-28-19-18-26-13-9-10-14-27(26)20-28/h9-15,18-20,22,24,30-31,39H,16-17,21H2,1-8H3,(H,36,40)(H,37,42). The second kappa shape index (κ2) is 14.5. The predicted octanol–water partition coefficient (Wildman–Crippen LogP) is 6.68. The van der Waals surface area contributed by atoms with E-state index in [1.807, 2.05) is 81.4 Å².